The van der Waals surface area contributed by atoms with Crippen molar-refractivity contribution >= 4 is 17.3 Å². The fourth-order valence-electron chi connectivity index (χ4n) is 2.62. The largest absolute Gasteiger partial charge is 0.356 e. The molecule has 0 aliphatic carbocycles. The monoisotopic (exact) mass is 348 g/mol. The lowest BCUT2D eigenvalue weighted by Gasteiger charge is -2.11. The lowest BCUT2D eigenvalue weighted by atomic mass is 10.1. The number of aromatic nitrogens is 3. The van der Waals surface area contributed by atoms with Crippen LogP contribution in [0.25, 0.3) is 0 Å². The Bertz CT molecular complexity index is 685. The zero-order chi connectivity index (χ0) is 17.5. The van der Waals surface area contributed by atoms with Gasteiger partial charge in [0, 0.05) is 50.4 Å². The summed E-state index contributed by atoms with van der Waals surface area (Å²) < 4.78 is 1.94. The van der Waals surface area contributed by atoms with E-state index in [9.17, 15) is 0 Å². The number of nitrogens with one attached hydrogen (secondary N) is 2. The average molecular weight is 349 g/mol. The zero-order valence-electron chi connectivity index (χ0n) is 15.3. The van der Waals surface area contributed by atoms with Crippen molar-refractivity contribution in [3.63, 3.8) is 0 Å². The van der Waals surface area contributed by atoms with Gasteiger partial charge in [0.2, 0.25) is 0 Å². The normalized spacial score (nSPS) is 11.8. The number of aliphatic imine (C=N–C) groups is 1. The Kier molecular flexibility index (Phi) is 6.78. The summed E-state index contributed by atoms with van der Waals surface area (Å²) in [6, 6.07) is 0. The average Bonchev–Trinajstić information content (AvgIpc) is 3.12. The van der Waals surface area contributed by atoms with Crippen LogP contribution in [0, 0.1) is 13.8 Å². The number of guanidine groups is 1. The number of nitrogens with zero attached hydrogens (tertiary/aromatic N) is 4. The summed E-state index contributed by atoms with van der Waals surface area (Å²) in [5, 5.41) is 12.4. The molecule has 6 nitrogen and oxygen atoms in total. The Balaban J connectivity index is 1.74. The highest BCUT2D eigenvalue weighted by molar-refractivity contribution is 7.11. The SMILES string of the molecule is CCc1cnc(CCNC(=NC)NCCc2c(C)nn(C)c2C)s1. The molecule has 7 heteroatoms. The maximum absolute atomic E-state index is 4.46. The van der Waals surface area contributed by atoms with E-state index < -0.39 is 0 Å². The van der Waals surface area contributed by atoms with E-state index in [1.807, 2.05) is 17.9 Å². The molecule has 2 aromatic rings. The summed E-state index contributed by atoms with van der Waals surface area (Å²) in [6.07, 6.45) is 4.90. The van der Waals surface area contributed by atoms with E-state index in [-0.39, 0.29) is 0 Å². The first-order valence-electron chi connectivity index (χ1n) is 8.42. The molecule has 2 N–H and O–H groups in total. The van der Waals surface area contributed by atoms with Crippen molar-refractivity contribution in [2.45, 2.75) is 40.0 Å². The molecule has 24 heavy (non-hydrogen) atoms. The molecule has 0 spiro atoms. The van der Waals surface area contributed by atoms with Crippen LogP contribution in [-0.4, -0.2) is 40.9 Å². The van der Waals surface area contributed by atoms with Crippen LogP contribution in [0.3, 0.4) is 0 Å². The van der Waals surface area contributed by atoms with Gasteiger partial charge >= 0.3 is 0 Å². The van der Waals surface area contributed by atoms with Crippen molar-refractivity contribution < 1.29 is 0 Å². The third kappa shape index (κ3) is 4.80. The van der Waals surface area contributed by atoms with Crippen molar-refractivity contribution in [2.75, 3.05) is 20.1 Å². The summed E-state index contributed by atoms with van der Waals surface area (Å²) in [7, 11) is 3.79. The Labute approximate surface area is 148 Å². The highest BCUT2D eigenvalue weighted by Crippen LogP contribution is 2.13. The van der Waals surface area contributed by atoms with E-state index in [0.717, 1.165) is 44.0 Å². The first kappa shape index (κ1) is 18.4. The van der Waals surface area contributed by atoms with Crippen LogP contribution >= 0.6 is 11.3 Å². The molecule has 0 saturated heterocycles. The van der Waals surface area contributed by atoms with Gasteiger partial charge in [-0.2, -0.15) is 5.10 Å². The minimum absolute atomic E-state index is 0.835. The van der Waals surface area contributed by atoms with Crippen LogP contribution in [0.5, 0.6) is 0 Å². The molecule has 0 amide bonds. The van der Waals surface area contributed by atoms with Crippen molar-refractivity contribution in [1.29, 1.82) is 0 Å². The van der Waals surface area contributed by atoms with Crippen molar-refractivity contribution in [3.05, 3.63) is 33.0 Å². The molecule has 0 unspecified atom stereocenters. The number of hydrogen-bond donors (Lipinski definition) is 2. The molecule has 2 aromatic heterocycles. The van der Waals surface area contributed by atoms with Gasteiger partial charge in [-0.05, 0) is 32.3 Å². The van der Waals surface area contributed by atoms with Crippen molar-refractivity contribution in [1.82, 2.24) is 25.4 Å². The predicted molar refractivity (Wildman–Crippen MR) is 101 cm³/mol. The van der Waals surface area contributed by atoms with E-state index in [1.54, 1.807) is 18.4 Å². The highest BCUT2D eigenvalue weighted by Gasteiger charge is 2.09. The smallest absolute Gasteiger partial charge is 0.191 e. The minimum Gasteiger partial charge on any atom is -0.356 e. The van der Waals surface area contributed by atoms with Crippen molar-refractivity contribution in [3.8, 4) is 0 Å². The molecule has 2 heterocycles. The van der Waals surface area contributed by atoms with Crippen LogP contribution < -0.4 is 10.6 Å². The van der Waals surface area contributed by atoms with Gasteiger partial charge < -0.3 is 10.6 Å². The maximum atomic E-state index is 4.46. The quantitative estimate of drug-likeness (QED) is 0.593. The minimum atomic E-state index is 0.835. The second-order valence-corrected chi connectivity index (χ2v) is 6.97. The number of thiazole rings is 1. The van der Waals surface area contributed by atoms with Gasteiger partial charge in [-0.1, -0.05) is 6.92 Å². The maximum Gasteiger partial charge on any atom is 0.191 e. The fraction of sp³-hybridized carbons (Fsp3) is 0.588. The van der Waals surface area contributed by atoms with Crippen LogP contribution in [0.1, 0.15) is 33.8 Å². The fourth-order valence-corrected chi connectivity index (χ4v) is 3.48. The van der Waals surface area contributed by atoms with E-state index >= 15 is 0 Å². The predicted octanol–water partition coefficient (Wildman–Crippen LogP) is 2.01. The molecule has 2 rings (SSSR count). The first-order valence-corrected chi connectivity index (χ1v) is 9.24. The molecule has 0 aliphatic rings. The van der Waals surface area contributed by atoms with Gasteiger partial charge in [0.25, 0.3) is 0 Å². The van der Waals surface area contributed by atoms with Gasteiger partial charge in [-0.15, -0.1) is 11.3 Å². The summed E-state index contributed by atoms with van der Waals surface area (Å²) in [4.78, 5) is 10.1. The molecule has 0 aromatic carbocycles. The first-order chi connectivity index (χ1) is 11.5. The van der Waals surface area contributed by atoms with Crippen LogP contribution in [0.4, 0.5) is 0 Å². The van der Waals surface area contributed by atoms with Gasteiger partial charge in [0.1, 0.15) is 0 Å². The molecule has 0 saturated carbocycles. The van der Waals surface area contributed by atoms with E-state index in [0.29, 0.717) is 0 Å². The molecular weight excluding hydrogens is 320 g/mol. The molecule has 132 valence electrons. The summed E-state index contributed by atoms with van der Waals surface area (Å²) in [6.45, 7) is 8.01. The molecule has 0 bridgehead atoms. The molecular formula is C17H28N6S. The Morgan fingerprint density at radius 2 is 1.96 bits per heavy atom. The Morgan fingerprint density at radius 3 is 2.50 bits per heavy atom. The zero-order valence-corrected chi connectivity index (χ0v) is 16.1. The molecule has 0 radical (unpaired) electrons. The van der Waals surface area contributed by atoms with Crippen LogP contribution in [0.2, 0.25) is 0 Å². The summed E-state index contributed by atoms with van der Waals surface area (Å²) in [5.74, 6) is 0.835. The third-order valence-electron chi connectivity index (χ3n) is 4.13. The van der Waals surface area contributed by atoms with Gasteiger partial charge in [0.05, 0.1) is 10.7 Å². The van der Waals surface area contributed by atoms with Gasteiger partial charge in [-0.25, -0.2) is 4.98 Å². The molecule has 0 aliphatic heterocycles. The topological polar surface area (TPSA) is 67.1 Å². The Morgan fingerprint density at radius 1 is 1.25 bits per heavy atom. The molecule has 0 fully saturated rings. The Hall–Kier alpha value is -1.89. The standard InChI is InChI=1S/C17H28N6S/c1-6-14-11-21-16(24-14)8-10-20-17(18-4)19-9-7-15-12(2)22-23(5)13(15)3/h11H,6-10H2,1-5H3,(H2,18,19,20). The number of hydrogen-bond acceptors (Lipinski definition) is 4. The van der Waals surface area contributed by atoms with Crippen LogP contribution in [0.15, 0.2) is 11.2 Å². The van der Waals surface area contributed by atoms with E-state index in [2.05, 4.69) is 46.5 Å². The van der Waals surface area contributed by atoms with Gasteiger partial charge in [0.15, 0.2) is 5.96 Å². The number of aryl methyl sites for hydroxylation is 3. The third-order valence-corrected chi connectivity index (χ3v) is 5.33. The van der Waals surface area contributed by atoms with Crippen molar-refractivity contribution in [2.24, 2.45) is 12.0 Å². The number of rotatable bonds is 7. The van der Waals surface area contributed by atoms with Crippen LogP contribution in [-0.2, 0) is 26.3 Å². The highest BCUT2D eigenvalue weighted by atomic mass is 32.1. The van der Waals surface area contributed by atoms with E-state index in [4.69, 9.17) is 0 Å². The lowest BCUT2D eigenvalue weighted by Crippen LogP contribution is -2.39. The summed E-state index contributed by atoms with van der Waals surface area (Å²) in [5.41, 5.74) is 3.65. The molecule has 0 atom stereocenters. The van der Waals surface area contributed by atoms with E-state index in [1.165, 1.54) is 21.1 Å². The second kappa shape index (κ2) is 8.82. The lowest BCUT2D eigenvalue weighted by molar-refractivity contribution is 0.728. The second-order valence-electron chi connectivity index (χ2n) is 5.77. The van der Waals surface area contributed by atoms with Gasteiger partial charge in [-0.3, -0.25) is 9.67 Å². The summed E-state index contributed by atoms with van der Waals surface area (Å²) >= 11 is 1.79.